The summed E-state index contributed by atoms with van der Waals surface area (Å²) < 4.78 is 0. The Kier molecular flexibility index (Phi) is 4.34. The smallest absolute Gasteiger partial charge is 0.160 e. The minimum absolute atomic E-state index is 0.303. The summed E-state index contributed by atoms with van der Waals surface area (Å²) in [5.41, 5.74) is 7.68. The highest BCUT2D eigenvalue weighted by Gasteiger charge is 2.10. The minimum atomic E-state index is 0.303. The number of rotatable bonds is 5. The van der Waals surface area contributed by atoms with Crippen LogP contribution in [0.3, 0.4) is 0 Å². The highest BCUT2D eigenvalue weighted by atomic mass is 15.1. The van der Waals surface area contributed by atoms with Gasteiger partial charge in [-0.2, -0.15) is 0 Å². The number of aryl methyl sites for hydroxylation is 1. The van der Waals surface area contributed by atoms with E-state index < -0.39 is 0 Å². The van der Waals surface area contributed by atoms with Crippen molar-refractivity contribution in [1.29, 1.82) is 0 Å². The lowest BCUT2D eigenvalue weighted by Crippen LogP contribution is -2.16. The summed E-state index contributed by atoms with van der Waals surface area (Å²) in [4.78, 5) is 12.6. The predicted molar refractivity (Wildman–Crippen MR) is 82.1 cm³/mol. The molecule has 1 unspecified atom stereocenters. The lowest BCUT2D eigenvalue weighted by Gasteiger charge is -2.15. The zero-order valence-corrected chi connectivity index (χ0v) is 12.0. The molecule has 2 rings (SSSR count). The molecule has 0 aliphatic rings. The summed E-state index contributed by atoms with van der Waals surface area (Å²) in [6, 6.07) is 4.17. The maximum Gasteiger partial charge on any atom is 0.160 e. The molecule has 2 aromatic rings. The van der Waals surface area contributed by atoms with E-state index >= 15 is 0 Å². The molecule has 0 bridgehead atoms. The SMILES string of the molecule is CCC(C)Nc1ncnc(Nc2ccc(C)cn2)c1N. The molecule has 0 spiro atoms. The van der Waals surface area contributed by atoms with E-state index in [1.807, 2.05) is 19.1 Å². The molecule has 6 nitrogen and oxygen atoms in total. The van der Waals surface area contributed by atoms with Crippen LogP contribution in [0.5, 0.6) is 0 Å². The molecule has 6 heteroatoms. The molecule has 4 N–H and O–H groups in total. The molecule has 0 fully saturated rings. The van der Waals surface area contributed by atoms with Gasteiger partial charge in [0.05, 0.1) is 0 Å². The summed E-state index contributed by atoms with van der Waals surface area (Å²) in [6.45, 7) is 6.17. The maximum absolute atomic E-state index is 6.09. The number of hydrogen-bond acceptors (Lipinski definition) is 6. The zero-order chi connectivity index (χ0) is 14.5. The van der Waals surface area contributed by atoms with Crippen LogP contribution in [0.2, 0.25) is 0 Å². The molecule has 0 radical (unpaired) electrons. The van der Waals surface area contributed by atoms with E-state index in [-0.39, 0.29) is 0 Å². The van der Waals surface area contributed by atoms with Gasteiger partial charge in [0.1, 0.15) is 17.8 Å². The fourth-order valence-corrected chi connectivity index (χ4v) is 1.61. The maximum atomic E-state index is 6.09. The van der Waals surface area contributed by atoms with Crippen molar-refractivity contribution in [2.45, 2.75) is 33.2 Å². The Balaban J connectivity index is 2.20. The van der Waals surface area contributed by atoms with E-state index in [2.05, 4.69) is 39.4 Å². The molecule has 0 amide bonds. The molecule has 0 aliphatic heterocycles. The van der Waals surface area contributed by atoms with Crippen molar-refractivity contribution in [2.75, 3.05) is 16.4 Å². The Morgan fingerprint density at radius 3 is 2.60 bits per heavy atom. The van der Waals surface area contributed by atoms with Gasteiger partial charge >= 0.3 is 0 Å². The van der Waals surface area contributed by atoms with Crippen molar-refractivity contribution in [3.8, 4) is 0 Å². The molecule has 0 saturated heterocycles. The van der Waals surface area contributed by atoms with Crippen LogP contribution < -0.4 is 16.4 Å². The summed E-state index contributed by atoms with van der Waals surface area (Å²) in [5.74, 6) is 1.90. The highest BCUT2D eigenvalue weighted by Crippen LogP contribution is 2.25. The number of nitrogens with one attached hydrogen (secondary N) is 2. The van der Waals surface area contributed by atoms with Crippen molar-refractivity contribution in [1.82, 2.24) is 15.0 Å². The Bertz CT molecular complexity index is 566. The van der Waals surface area contributed by atoms with Crippen molar-refractivity contribution in [3.05, 3.63) is 30.2 Å². The zero-order valence-electron chi connectivity index (χ0n) is 12.0. The number of pyridine rings is 1. The number of nitrogen functional groups attached to an aromatic ring is 1. The van der Waals surface area contributed by atoms with Crippen molar-refractivity contribution in [3.63, 3.8) is 0 Å². The summed E-state index contributed by atoms with van der Waals surface area (Å²) in [6.07, 6.45) is 4.27. The second-order valence-corrected chi connectivity index (χ2v) is 4.78. The van der Waals surface area contributed by atoms with E-state index in [9.17, 15) is 0 Å². The Morgan fingerprint density at radius 1 is 1.20 bits per heavy atom. The first-order valence-corrected chi connectivity index (χ1v) is 6.66. The normalized spacial score (nSPS) is 11.9. The second kappa shape index (κ2) is 6.18. The third-order valence-corrected chi connectivity index (χ3v) is 3.04. The molecule has 106 valence electrons. The lowest BCUT2D eigenvalue weighted by molar-refractivity contribution is 0.759. The Labute approximate surface area is 118 Å². The van der Waals surface area contributed by atoms with Gasteiger partial charge in [0.15, 0.2) is 11.6 Å². The average molecular weight is 272 g/mol. The summed E-state index contributed by atoms with van der Waals surface area (Å²) in [7, 11) is 0. The van der Waals surface area contributed by atoms with Gasteiger partial charge in [0.25, 0.3) is 0 Å². The fraction of sp³-hybridized carbons (Fsp3) is 0.357. The highest BCUT2D eigenvalue weighted by molar-refractivity contribution is 5.76. The first-order chi connectivity index (χ1) is 9.60. The molecule has 2 heterocycles. The Hall–Kier alpha value is -2.37. The average Bonchev–Trinajstić information content (AvgIpc) is 2.45. The van der Waals surface area contributed by atoms with Crippen LogP contribution in [0.15, 0.2) is 24.7 Å². The summed E-state index contributed by atoms with van der Waals surface area (Å²) >= 11 is 0. The molecule has 20 heavy (non-hydrogen) atoms. The quantitative estimate of drug-likeness (QED) is 0.775. The number of aromatic nitrogens is 3. The van der Waals surface area contributed by atoms with Gasteiger partial charge in [0, 0.05) is 12.2 Å². The second-order valence-electron chi connectivity index (χ2n) is 4.78. The molecule has 0 saturated carbocycles. The fourth-order valence-electron chi connectivity index (χ4n) is 1.61. The van der Waals surface area contributed by atoms with Gasteiger partial charge in [-0.25, -0.2) is 15.0 Å². The standard InChI is InChI=1S/C14H20N6/c1-4-10(3)19-13-12(15)14(18-8-17-13)20-11-6-5-9(2)7-16-11/h5-8,10H,4,15H2,1-3H3,(H2,16,17,18,19,20). The topological polar surface area (TPSA) is 88.8 Å². The monoisotopic (exact) mass is 272 g/mol. The van der Waals surface area contributed by atoms with Gasteiger partial charge in [-0.15, -0.1) is 0 Å². The van der Waals surface area contributed by atoms with E-state index in [0.717, 1.165) is 12.0 Å². The summed E-state index contributed by atoms with van der Waals surface area (Å²) in [5, 5.41) is 6.36. The number of hydrogen-bond donors (Lipinski definition) is 3. The van der Waals surface area contributed by atoms with E-state index in [1.54, 1.807) is 6.20 Å². The van der Waals surface area contributed by atoms with Crippen molar-refractivity contribution >= 4 is 23.1 Å². The van der Waals surface area contributed by atoms with Crippen molar-refractivity contribution in [2.24, 2.45) is 0 Å². The largest absolute Gasteiger partial charge is 0.393 e. The Morgan fingerprint density at radius 2 is 1.95 bits per heavy atom. The first kappa shape index (κ1) is 14.0. The van der Waals surface area contributed by atoms with E-state index in [0.29, 0.717) is 29.2 Å². The molecule has 2 aromatic heterocycles. The first-order valence-electron chi connectivity index (χ1n) is 6.66. The van der Waals surface area contributed by atoms with Crippen molar-refractivity contribution < 1.29 is 0 Å². The predicted octanol–water partition coefficient (Wildman–Crippen LogP) is 2.72. The molecule has 1 atom stereocenters. The van der Waals surface area contributed by atoms with Gasteiger partial charge in [-0.3, -0.25) is 0 Å². The minimum Gasteiger partial charge on any atom is -0.393 e. The van der Waals surface area contributed by atoms with Gasteiger partial charge in [-0.05, 0) is 31.9 Å². The van der Waals surface area contributed by atoms with E-state index in [1.165, 1.54) is 6.33 Å². The molecular weight excluding hydrogens is 252 g/mol. The third kappa shape index (κ3) is 3.34. The van der Waals surface area contributed by atoms with Gasteiger partial charge in [0.2, 0.25) is 0 Å². The van der Waals surface area contributed by atoms with Crippen LogP contribution >= 0.6 is 0 Å². The third-order valence-electron chi connectivity index (χ3n) is 3.04. The van der Waals surface area contributed by atoms with E-state index in [4.69, 9.17) is 5.73 Å². The van der Waals surface area contributed by atoms with Crippen LogP contribution in [0.4, 0.5) is 23.1 Å². The number of nitrogens with zero attached hydrogens (tertiary/aromatic N) is 3. The van der Waals surface area contributed by atoms with Crippen LogP contribution in [-0.2, 0) is 0 Å². The van der Waals surface area contributed by atoms with Crippen LogP contribution in [-0.4, -0.2) is 21.0 Å². The lowest BCUT2D eigenvalue weighted by atomic mass is 10.2. The molecule has 0 aromatic carbocycles. The van der Waals surface area contributed by atoms with Crippen LogP contribution in [0.1, 0.15) is 25.8 Å². The molecular formula is C14H20N6. The van der Waals surface area contributed by atoms with Gasteiger partial charge in [-0.1, -0.05) is 13.0 Å². The number of anilines is 4. The van der Waals surface area contributed by atoms with Gasteiger partial charge < -0.3 is 16.4 Å². The number of nitrogens with two attached hydrogens (primary N) is 1. The molecule has 0 aliphatic carbocycles. The van der Waals surface area contributed by atoms with Crippen LogP contribution in [0, 0.1) is 6.92 Å². The van der Waals surface area contributed by atoms with Crippen LogP contribution in [0.25, 0.3) is 0 Å².